The van der Waals surface area contributed by atoms with Crippen molar-refractivity contribution in [1.82, 2.24) is 15.1 Å². The van der Waals surface area contributed by atoms with Gasteiger partial charge in [-0.3, -0.25) is 4.79 Å². The monoisotopic (exact) mass is 504 g/mol. The molecule has 11 heteroatoms. The highest BCUT2D eigenvalue weighted by Gasteiger charge is 2.33. The van der Waals surface area contributed by atoms with E-state index in [1.54, 1.807) is 42.2 Å². The van der Waals surface area contributed by atoms with E-state index in [-0.39, 0.29) is 17.8 Å². The normalized spacial score (nSPS) is 13.9. The maximum Gasteiger partial charge on any atom is 0.416 e. The summed E-state index contributed by atoms with van der Waals surface area (Å²) < 4.78 is 59.4. The van der Waals surface area contributed by atoms with Crippen molar-refractivity contribution >= 4 is 17.7 Å². The zero-order chi connectivity index (χ0) is 26.0. The van der Waals surface area contributed by atoms with Crippen LogP contribution in [0.1, 0.15) is 56.1 Å². The minimum absolute atomic E-state index is 0.0375. The summed E-state index contributed by atoms with van der Waals surface area (Å²) in [5, 5.41) is 7.04. The zero-order valence-electron chi connectivity index (χ0n) is 19.6. The quantitative estimate of drug-likeness (QED) is 0.374. The minimum atomic E-state index is -4.47. The highest BCUT2D eigenvalue weighted by Crippen LogP contribution is 2.33. The first-order chi connectivity index (χ1) is 17.1. The molecule has 3 aromatic rings. The van der Waals surface area contributed by atoms with Gasteiger partial charge in [-0.1, -0.05) is 24.3 Å². The molecule has 1 aliphatic heterocycles. The average Bonchev–Trinajstić information content (AvgIpc) is 3.42. The van der Waals surface area contributed by atoms with Crippen molar-refractivity contribution < 1.29 is 31.9 Å². The highest BCUT2D eigenvalue weighted by molar-refractivity contribution is 6.00. The predicted octanol–water partition coefficient (Wildman–Crippen LogP) is 4.67. The van der Waals surface area contributed by atoms with Crippen molar-refractivity contribution in [3.05, 3.63) is 82.0 Å². The Kier molecular flexibility index (Phi) is 7.00. The summed E-state index contributed by atoms with van der Waals surface area (Å²) in [6.45, 7) is 1.66. The SMILES string of the molecule is COC(=O)c1ccc(C(C)NC(=O)c2c(CF)nn3c2N(Cc2cccc(C(F)(F)F)c2)CC3)cc1. The summed E-state index contributed by atoms with van der Waals surface area (Å²) in [7, 11) is 1.28. The lowest BCUT2D eigenvalue weighted by atomic mass is 10.1. The maximum atomic E-state index is 13.8. The van der Waals surface area contributed by atoms with Crippen LogP contribution in [-0.2, 0) is 30.7 Å². The third-order valence-corrected chi connectivity index (χ3v) is 6.04. The number of halogens is 4. The number of rotatable bonds is 7. The fourth-order valence-corrected chi connectivity index (χ4v) is 4.22. The number of carbonyl (C=O) groups is 2. The van der Waals surface area contributed by atoms with Crippen LogP contribution in [-0.4, -0.2) is 35.3 Å². The van der Waals surface area contributed by atoms with E-state index in [4.69, 9.17) is 0 Å². The van der Waals surface area contributed by atoms with E-state index < -0.39 is 36.3 Å². The number of nitrogens with one attached hydrogen (secondary N) is 1. The first kappa shape index (κ1) is 25.2. The molecule has 190 valence electrons. The molecule has 0 saturated carbocycles. The number of methoxy groups -OCH3 is 1. The Bertz CT molecular complexity index is 1270. The number of alkyl halides is 4. The lowest BCUT2D eigenvalue weighted by molar-refractivity contribution is -0.137. The van der Waals surface area contributed by atoms with Crippen molar-refractivity contribution in [3.63, 3.8) is 0 Å². The summed E-state index contributed by atoms with van der Waals surface area (Å²) in [6, 6.07) is 11.0. The summed E-state index contributed by atoms with van der Waals surface area (Å²) >= 11 is 0. The van der Waals surface area contributed by atoms with Crippen LogP contribution in [0.25, 0.3) is 0 Å². The van der Waals surface area contributed by atoms with Gasteiger partial charge in [0.1, 0.15) is 23.7 Å². The Morgan fingerprint density at radius 2 is 1.86 bits per heavy atom. The zero-order valence-corrected chi connectivity index (χ0v) is 19.6. The number of esters is 1. The van der Waals surface area contributed by atoms with Crippen LogP contribution in [0.3, 0.4) is 0 Å². The van der Waals surface area contributed by atoms with Gasteiger partial charge in [-0.25, -0.2) is 13.9 Å². The first-order valence-corrected chi connectivity index (χ1v) is 11.2. The van der Waals surface area contributed by atoms with Gasteiger partial charge in [0.2, 0.25) is 0 Å². The Morgan fingerprint density at radius 3 is 2.50 bits per heavy atom. The lowest BCUT2D eigenvalue weighted by Crippen LogP contribution is -2.30. The van der Waals surface area contributed by atoms with Crippen LogP contribution in [0.2, 0.25) is 0 Å². The van der Waals surface area contributed by atoms with E-state index in [1.165, 1.54) is 17.9 Å². The third kappa shape index (κ3) is 5.05. The molecule has 1 atom stereocenters. The molecule has 1 amide bonds. The molecule has 1 aromatic heterocycles. The fraction of sp³-hybridized carbons (Fsp3) is 0.320. The van der Waals surface area contributed by atoms with Crippen LogP contribution in [0, 0.1) is 0 Å². The number of hydrogen-bond acceptors (Lipinski definition) is 5. The van der Waals surface area contributed by atoms with E-state index in [0.29, 0.717) is 35.6 Å². The van der Waals surface area contributed by atoms with Gasteiger partial charge >= 0.3 is 12.1 Å². The number of fused-ring (bicyclic) bond motifs is 1. The van der Waals surface area contributed by atoms with Gasteiger partial charge in [-0.15, -0.1) is 0 Å². The van der Waals surface area contributed by atoms with Gasteiger partial charge in [0, 0.05) is 13.1 Å². The third-order valence-electron chi connectivity index (χ3n) is 6.04. The van der Waals surface area contributed by atoms with Crippen molar-refractivity contribution in [3.8, 4) is 0 Å². The van der Waals surface area contributed by atoms with Gasteiger partial charge in [0.15, 0.2) is 0 Å². The summed E-state index contributed by atoms with van der Waals surface area (Å²) in [4.78, 5) is 26.6. The smallest absolute Gasteiger partial charge is 0.416 e. The van der Waals surface area contributed by atoms with Gasteiger partial charge in [-0.2, -0.15) is 18.3 Å². The van der Waals surface area contributed by atoms with Crippen molar-refractivity contribution in [2.24, 2.45) is 0 Å². The molecular weight excluding hydrogens is 480 g/mol. The van der Waals surface area contributed by atoms with Gasteiger partial charge in [0.25, 0.3) is 5.91 Å². The number of nitrogens with zero attached hydrogens (tertiary/aromatic N) is 3. The van der Waals surface area contributed by atoms with Crippen LogP contribution in [0.5, 0.6) is 0 Å². The van der Waals surface area contributed by atoms with E-state index >= 15 is 0 Å². The second-order valence-corrected chi connectivity index (χ2v) is 8.43. The topological polar surface area (TPSA) is 76.5 Å². The molecule has 7 nitrogen and oxygen atoms in total. The summed E-state index contributed by atoms with van der Waals surface area (Å²) in [5.74, 6) is -0.669. The van der Waals surface area contributed by atoms with E-state index in [2.05, 4.69) is 15.2 Å². The molecular formula is C25H24F4N4O3. The Morgan fingerprint density at radius 1 is 1.14 bits per heavy atom. The molecule has 36 heavy (non-hydrogen) atoms. The van der Waals surface area contributed by atoms with Gasteiger partial charge < -0.3 is 15.0 Å². The van der Waals surface area contributed by atoms with Crippen LogP contribution in [0.4, 0.5) is 23.4 Å². The molecule has 0 saturated heterocycles. The Balaban J connectivity index is 1.56. The molecule has 2 heterocycles. The first-order valence-electron chi connectivity index (χ1n) is 11.2. The number of aromatic nitrogens is 2. The Hall–Kier alpha value is -3.89. The van der Waals surface area contributed by atoms with Gasteiger partial charge in [-0.05, 0) is 42.3 Å². The minimum Gasteiger partial charge on any atom is -0.465 e. The van der Waals surface area contributed by atoms with Crippen LogP contribution < -0.4 is 10.2 Å². The molecule has 0 aliphatic carbocycles. The molecule has 1 aliphatic rings. The molecule has 0 radical (unpaired) electrons. The van der Waals surface area contributed by atoms with Crippen LogP contribution in [0.15, 0.2) is 48.5 Å². The number of hydrogen-bond donors (Lipinski definition) is 1. The number of amides is 1. The number of anilines is 1. The molecule has 1 N–H and O–H groups in total. The molecule has 0 spiro atoms. The Labute approximate surface area is 204 Å². The number of benzene rings is 2. The predicted molar refractivity (Wildman–Crippen MR) is 123 cm³/mol. The van der Waals surface area contributed by atoms with E-state index in [0.717, 1.165) is 12.1 Å². The average molecular weight is 504 g/mol. The number of carbonyl (C=O) groups excluding carboxylic acids is 2. The molecule has 4 rings (SSSR count). The largest absolute Gasteiger partial charge is 0.465 e. The number of ether oxygens (including phenoxy) is 1. The lowest BCUT2D eigenvalue weighted by Gasteiger charge is -2.21. The molecule has 1 unspecified atom stereocenters. The molecule has 0 fully saturated rings. The summed E-state index contributed by atoms with van der Waals surface area (Å²) in [5.41, 5.74) is 0.736. The standard InChI is InChI=1S/C25H24F4N4O3/c1-15(17-6-8-18(9-7-17)24(35)36-2)30-22(34)21-20(13-26)31-33-11-10-32(23(21)33)14-16-4-3-5-19(12-16)25(27,28)29/h3-9,12,15H,10-11,13-14H2,1-2H3,(H,30,34). The molecule has 0 bridgehead atoms. The van der Waals surface area contributed by atoms with Crippen LogP contribution >= 0.6 is 0 Å². The van der Waals surface area contributed by atoms with E-state index in [9.17, 15) is 27.2 Å². The molecule has 2 aromatic carbocycles. The highest BCUT2D eigenvalue weighted by atomic mass is 19.4. The van der Waals surface area contributed by atoms with Gasteiger partial charge in [0.05, 0.1) is 30.8 Å². The van der Waals surface area contributed by atoms with E-state index in [1.807, 2.05) is 0 Å². The van der Waals surface area contributed by atoms with Crippen molar-refractivity contribution in [1.29, 1.82) is 0 Å². The second-order valence-electron chi connectivity index (χ2n) is 8.43. The van der Waals surface area contributed by atoms with Crippen molar-refractivity contribution in [2.75, 3.05) is 18.6 Å². The maximum absolute atomic E-state index is 13.8. The summed E-state index contributed by atoms with van der Waals surface area (Å²) in [6.07, 6.45) is -4.47. The second kappa shape index (κ2) is 10.00. The fourth-order valence-electron chi connectivity index (χ4n) is 4.22. The van der Waals surface area contributed by atoms with Crippen molar-refractivity contribution in [2.45, 2.75) is 38.9 Å².